The lowest BCUT2D eigenvalue weighted by Crippen LogP contribution is -3.14. The van der Waals surface area contributed by atoms with Gasteiger partial charge in [0, 0.05) is 12.1 Å². The number of piperazine rings is 1. The third-order valence-electron chi connectivity index (χ3n) is 4.63. The maximum atomic E-state index is 12.7. The third kappa shape index (κ3) is 4.79. The second-order valence-electron chi connectivity index (χ2n) is 6.42. The van der Waals surface area contributed by atoms with Crippen molar-refractivity contribution in [1.29, 1.82) is 0 Å². The van der Waals surface area contributed by atoms with Crippen LogP contribution in [0, 0.1) is 10.1 Å². The van der Waals surface area contributed by atoms with Crippen molar-refractivity contribution in [2.75, 3.05) is 32.7 Å². The van der Waals surface area contributed by atoms with Crippen LogP contribution < -0.4 is 4.90 Å². The van der Waals surface area contributed by atoms with Crippen molar-refractivity contribution in [2.45, 2.75) is 4.90 Å². The van der Waals surface area contributed by atoms with Crippen LogP contribution in [0.2, 0.25) is 0 Å². The van der Waals surface area contributed by atoms with E-state index in [9.17, 15) is 18.5 Å². The van der Waals surface area contributed by atoms with Crippen LogP contribution in [0.4, 0.5) is 5.69 Å². The molecule has 1 aliphatic rings. The van der Waals surface area contributed by atoms with Gasteiger partial charge in [-0.1, -0.05) is 36.4 Å². The van der Waals surface area contributed by atoms with Crippen LogP contribution in [0.15, 0.2) is 65.6 Å². The van der Waals surface area contributed by atoms with Crippen LogP contribution in [0.1, 0.15) is 5.56 Å². The maximum Gasteiger partial charge on any atom is 0.269 e. The molecule has 1 aliphatic heterocycles. The molecule has 1 N–H and O–H groups in total. The molecule has 0 aromatic heterocycles. The van der Waals surface area contributed by atoms with Crippen LogP contribution in [0.3, 0.4) is 0 Å². The van der Waals surface area contributed by atoms with E-state index in [2.05, 4.69) is 12.2 Å². The fourth-order valence-corrected chi connectivity index (χ4v) is 4.50. The summed E-state index contributed by atoms with van der Waals surface area (Å²) in [5.74, 6) is 0. The Labute approximate surface area is 158 Å². The first-order valence-electron chi connectivity index (χ1n) is 8.76. The Morgan fingerprint density at radius 2 is 1.67 bits per heavy atom. The van der Waals surface area contributed by atoms with Gasteiger partial charge in [-0.3, -0.25) is 10.1 Å². The van der Waals surface area contributed by atoms with Gasteiger partial charge in [-0.15, -0.1) is 0 Å². The molecule has 0 saturated carbocycles. The Bertz CT molecular complexity index is 904. The maximum absolute atomic E-state index is 12.7. The standard InChI is InChI=1S/C19H21N3O4S/c23-22(24)18-8-10-19(11-9-18)27(25,26)21-15-13-20(14-16-21)12-4-7-17-5-2-1-3-6-17/h1-11H,12-16H2/p+1/b7-4+. The second-order valence-corrected chi connectivity index (χ2v) is 8.36. The number of nitrogens with one attached hydrogen (secondary N) is 1. The van der Waals surface area contributed by atoms with Crippen molar-refractivity contribution in [3.05, 3.63) is 76.4 Å². The zero-order chi connectivity index (χ0) is 19.3. The molecule has 8 heteroatoms. The molecule has 7 nitrogen and oxygen atoms in total. The Kier molecular flexibility index (Phi) is 6.00. The topological polar surface area (TPSA) is 85.0 Å². The van der Waals surface area contributed by atoms with Crippen molar-refractivity contribution >= 4 is 21.8 Å². The Balaban J connectivity index is 1.56. The van der Waals surface area contributed by atoms with E-state index in [-0.39, 0.29) is 10.6 Å². The van der Waals surface area contributed by atoms with Gasteiger partial charge in [-0.25, -0.2) is 8.42 Å². The highest BCUT2D eigenvalue weighted by atomic mass is 32.2. The molecule has 1 heterocycles. The van der Waals surface area contributed by atoms with E-state index in [1.807, 2.05) is 30.3 Å². The first kappa shape index (κ1) is 19.2. The van der Waals surface area contributed by atoms with Crippen molar-refractivity contribution in [3.8, 4) is 0 Å². The lowest BCUT2D eigenvalue weighted by molar-refractivity contribution is -0.897. The molecule has 1 fully saturated rings. The number of hydrogen-bond donors (Lipinski definition) is 1. The predicted octanol–water partition coefficient (Wildman–Crippen LogP) is 1.20. The third-order valence-corrected chi connectivity index (χ3v) is 6.54. The van der Waals surface area contributed by atoms with Crippen LogP contribution in [0.5, 0.6) is 0 Å². The highest BCUT2D eigenvalue weighted by Gasteiger charge is 2.30. The number of hydrogen-bond acceptors (Lipinski definition) is 4. The lowest BCUT2D eigenvalue weighted by atomic mass is 10.2. The highest BCUT2D eigenvalue weighted by molar-refractivity contribution is 7.89. The minimum Gasteiger partial charge on any atom is -0.329 e. The van der Waals surface area contributed by atoms with E-state index in [0.717, 1.165) is 25.2 Å². The molecule has 0 atom stereocenters. The Morgan fingerprint density at radius 3 is 2.26 bits per heavy atom. The molecule has 2 aromatic carbocycles. The van der Waals surface area contributed by atoms with Gasteiger partial charge in [0.15, 0.2) is 0 Å². The summed E-state index contributed by atoms with van der Waals surface area (Å²) >= 11 is 0. The van der Waals surface area contributed by atoms with Crippen LogP contribution in [-0.4, -0.2) is 50.4 Å². The number of sulfonamides is 1. The summed E-state index contributed by atoms with van der Waals surface area (Å²) < 4.78 is 26.9. The molecule has 0 amide bonds. The minimum absolute atomic E-state index is 0.0977. The van der Waals surface area contributed by atoms with Gasteiger partial charge in [0.25, 0.3) is 5.69 Å². The first-order chi connectivity index (χ1) is 13.0. The van der Waals surface area contributed by atoms with Crippen molar-refractivity contribution in [2.24, 2.45) is 0 Å². The fourth-order valence-electron chi connectivity index (χ4n) is 3.06. The van der Waals surface area contributed by atoms with E-state index >= 15 is 0 Å². The SMILES string of the molecule is O=[N+]([O-])c1ccc(S(=O)(=O)N2CC[NH+](C/C=C/c3ccccc3)CC2)cc1. The van der Waals surface area contributed by atoms with Gasteiger partial charge in [0.2, 0.25) is 10.0 Å². The number of benzene rings is 2. The van der Waals surface area contributed by atoms with E-state index < -0.39 is 14.9 Å². The van der Waals surface area contributed by atoms with Crippen molar-refractivity contribution < 1.29 is 18.2 Å². The summed E-state index contributed by atoms with van der Waals surface area (Å²) in [6.45, 7) is 3.18. The number of non-ortho nitro benzene ring substituents is 1. The van der Waals surface area contributed by atoms with Crippen molar-refractivity contribution in [3.63, 3.8) is 0 Å². The number of quaternary nitrogens is 1. The van der Waals surface area contributed by atoms with Crippen LogP contribution in [-0.2, 0) is 10.0 Å². The second kappa shape index (κ2) is 8.43. The average molecular weight is 388 g/mol. The first-order valence-corrected chi connectivity index (χ1v) is 10.2. The van der Waals surface area contributed by atoms with Gasteiger partial charge in [0.05, 0.1) is 42.5 Å². The monoisotopic (exact) mass is 388 g/mol. The molecule has 0 unspecified atom stereocenters. The van der Waals surface area contributed by atoms with Gasteiger partial charge < -0.3 is 4.90 Å². The summed E-state index contributed by atoms with van der Waals surface area (Å²) in [7, 11) is -3.61. The molecule has 0 radical (unpaired) electrons. The van der Waals surface area contributed by atoms with Gasteiger partial charge in [-0.2, -0.15) is 4.31 Å². The minimum atomic E-state index is -3.61. The molecule has 0 spiro atoms. The fraction of sp³-hybridized carbons (Fsp3) is 0.263. The molecule has 27 heavy (non-hydrogen) atoms. The zero-order valence-corrected chi connectivity index (χ0v) is 15.6. The lowest BCUT2D eigenvalue weighted by Gasteiger charge is -2.31. The summed E-state index contributed by atoms with van der Waals surface area (Å²) in [4.78, 5) is 11.6. The van der Waals surface area contributed by atoms with E-state index in [0.29, 0.717) is 13.1 Å². The molecule has 0 bridgehead atoms. The summed E-state index contributed by atoms with van der Waals surface area (Å²) in [5.41, 5.74) is 1.03. The summed E-state index contributed by atoms with van der Waals surface area (Å²) in [5, 5.41) is 10.7. The number of nitrogens with zero attached hydrogens (tertiary/aromatic N) is 2. The molecule has 142 valence electrons. The van der Waals surface area contributed by atoms with E-state index in [1.165, 1.54) is 33.5 Å². The quantitative estimate of drug-likeness (QED) is 0.595. The average Bonchev–Trinajstić information content (AvgIpc) is 2.69. The summed E-state index contributed by atoms with van der Waals surface area (Å²) in [6, 6.07) is 15.1. The molecular formula is C19H22N3O4S+. The Hall–Kier alpha value is -2.55. The predicted molar refractivity (Wildman–Crippen MR) is 103 cm³/mol. The normalized spacial score (nSPS) is 16.6. The van der Waals surface area contributed by atoms with E-state index in [1.54, 1.807) is 0 Å². The van der Waals surface area contributed by atoms with Gasteiger partial charge in [0.1, 0.15) is 0 Å². The number of nitro groups is 1. The number of nitro benzene ring substituents is 1. The molecule has 0 aliphatic carbocycles. The number of rotatable bonds is 6. The molecule has 1 saturated heterocycles. The van der Waals surface area contributed by atoms with E-state index in [4.69, 9.17) is 0 Å². The molecular weight excluding hydrogens is 366 g/mol. The van der Waals surface area contributed by atoms with Crippen molar-refractivity contribution in [1.82, 2.24) is 4.31 Å². The highest BCUT2D eigenvalue weighted by Crippen LogP contribution is 2.19. The summed E-state index contributed by atoms with van der Waals surface area (Å²) in [6.07, 6.45) is 4.19. The van der Waals surface area contributed by atoms with Gasteiger partial charge >= 0.3 is 0 Å². The smallest absolute Gasteiger partial charge is 0.269 e. The van der Waals surface area contributed by atoms with Gasteiger partial charge in [-0.05, 0) is 23.8 Å². The molecule has 2 aromatic rings. The van der Waals surface area contributed by atoms with Crippen LogP contribution in [0.25, 0.3) is 6.08 Å². The van der Waals surface area contributed by atoms with Crippen LogP contribution >= 0.6 is 0 Å². The molecule has 3 rings (SSSR count). The zero-order valence-electron chi connectivity index (χ0n) is 14.8. The largest absolute Gasteiger partial charge is 0.329 e. The Morgan fingerprint density at radius 1 is 1.04 bits per heavy atom.